The van der Waals surface area contributed by atoms with Gasteiger partial charge in [-0.1, -0.05) is 51.1 Å². The van der Waals surface area contributed by atoms with Crippen molar-refractivity contribution >= 4 is 5.97 Å². The maximum absolute atomic E-state index is 12.0. The molecular formula is C20H24O4. The molecule has 1 atom stereocenters. The van der Waals surface area contributed by atoms with Crippen molar-refractivity contribution in [2.75, 3.05) is 13.2 Å². The number of hydrogen-bond donors (Lipinski definition) is 1. The van der Waals surface area contributed by atoms with E-state index in [0.717, 1.165) is 5.56 Å². The smallest absolute Gasteiger partial charge is 0.338 e. The van der Waals surface area contributed by atoms with Crippen molar-refractivity contribution < 1.29 is 19.4 Å². The Morgan fingerprint density at radius 3 is 2.21 bits per heavy atom. The Morgan fingerprint density at radius 1 is 1.00 bits per heavy atom. The molecule has 1 N–H and O–H groups in total. The molecule has 4 heteroatoms. The van der Waals surface area contributed by atoms with Gasteiger partial charge in [-0.05, 0) is 35.2 Å². The zero-order chi connectivity index (χ0) is 17.6. The minimum Gasteiger partial charge on any atom is -0.491 e. The van der Waals surface area contributed by atoms with Gasteiger partial charge in [0.25, 0.3) is 0 Å². The molecule has 2 aromatic rings. The first-order valence-corrected chi connectivity index (χ1v) is 8.00. The van der Waals surface area contributed by atoms with E-state index in [4.69, 9.17) is 9.47 Å². The maximum atomic E-state index is 12.0. The fourth-order valence-corrected chi connectivity index (χ4v) is 2.12. The number of aliphatic hydroxyl groups is 1. The van der Waals surface area contributed by atoms with E-state index in [1.54, 1.807) is 24.3 Å². The van der Waals surface area contributed by atoms with E-state index < -0.39 is 12.1 Å². The number of ether oxygens (including phenoxy) is 2. The maximum Gasteiger partial charge on any atom is 0.338 e. The van der Waals surface area contributed by atoms with Gasteiger partial charge in [0, 0.05) is 0 Å². The third-order valence-electron chi connectivity index (χ3n) is 3.58. The van der Waals surface area contributed by atoms with Gasteiger partial charge >= 0.3 is 5.97 Å². The predicted octanol–water partition coefficient (Wildman–Crippen LogP) is 3.58. The summed E-state index contributed by atoms with van der Waals surface area (Å²) in [7, 11) is 0. The number of esters is 1. The second-order valence-corrected chi connectivity index (χ2v) is 6.70. The number of benzene rings is 2. The second-order valence-electron chi connectivity index (χ2n) is 6.70. The number of hydrogen-bond acceptors (Lipinski definition) is 4. The van der Waals surface area contributed by atoms with Crippen LogP contribution in [0.15, 0.2) is 54.6 Å². The van der Waals surface area contributed by atoms with Crippen LogP contribution >= 0.6 is 0 Å². The minimum atomic E-state index is -0.872. The molecule has 2 aromatic carbocycles. The first-order valence-electron chi connectivity index (χ1n) is 8.00. The molecule has 1 unspecified atom stereocenters. The molecule has 0 aromatic heterocycles. The van der Waals surface area contributed by atoms with Crippen LogP contribution in [0.2, 0.25) is 0 Å². The first kappa shape index (κ1) is 18.0. The molecule has 0 saturated carbocycles. The van der Waals surface area contributed by atoms with Crippen LogP contribution in [0.1, 0.15) is 36.7 Å². The predicted molar refractivity (Wildman–Crippen MR) is 93.4 cm³/mol. The monoisotopic (exact) mass is 328 g/mol. The summed E-state index contributed by atoms with van der Waals surface area (Å²) in [6, 6.07) is 16.5. The molecular weight excluding hydrogens is 304 g/mol. The molecule has 0 aliphatic heterocycles. The van der Waals surface area contributed by atoms with Gasteiger partial charge in [-0.25, -0.2) is 4.79 Å². The summed E-state index contributed by atoms with van der Waals surface area (Å²) >= 11 is 0. The number of para-hydroxylation sites is 1. The van der Waals surface area contributed by atoms with Crippen molar-refractivity contribution in [1.82, 2.24) is 0 Å². The van der Waals surface area contributed by atoms with Gasteiger partial charge in [-0.3, -0.25) is 0 Å². The summed E-state index contributed by atoms with van der Waals surface area (Å²) in [4.78, 5) is 12.0. The molecule has 0 fully saturated rings. The normalized spacial score (nSPS) is 12.5. The lowest BCUT2D eigenvalue weighted by molar-refractivity contribution is 0.0130. The Balaban J connectivity index is 1.80. The van der Waals surface area contributed by atoms with Gasteiger partial charge < -0.3 is 14.6 Å². The molecule has 2 rings (SSSR count). The van der Waals surface area contributed by atoms with E-state index in [0.29, 0.717) is 11.3 Å². The molecule has 0 aliphatic rings. The van der Waals surface area contributed by atoms with E-state index in [2.05, 4.69) is 20.8 Å². The second kappa shape index (κ2) is 7.97. The fourth-order valence-electron chi connectivity index (χ4n) is 2.12. The molecule has 0 heterocycles. The Morgan fingerprint density at radius 2 is 1.62 bits per heavy atom. The average molecular weight is 328 g/mol. The summed E-state index contributed by atoms with van der Waals surface area (Å²) in [6.45, 7) is 6.31. The molecule has 0 saturated heterocycles. The number of rotatable bonds is 6. The summed E-state index contributed by atoms with van der Waals surface area (Å²) in [5, 5.41) is 9.85. The van der Waals surface area contributed by atoms with Gasteiger partial charge in [-0.2, -0.15) is 0 Å². The van der Waals surface area contributed by atoms with Crippen LogP contribution in [-0.4, -0.2) is 30.4 Å². The molecule has 4 nitrogen and oxygen atoms in total. The Hall–Kier alpha value is -2.33. The van der Waals surface area contributed by atoms with Crippen LogP contribution in [0, 0.1) is 0 Å². The largest absolute Gasteiger partial charge is 0.491 e. The zero-order valence-electron chi connectivity index (χ0n) is 14.4. The highest BCUT2D eigenvalue weighted by Gasteiger charge is 2.15. The van der Waals surface area contributed by atoms with Crippen LogP contribution in [-0.2, 0) is 10.2 Å². The summed E-state index contributed by atoms with van der Waals surface area (Å²) in [6.07, 6.45) is -0.872. The van der Waals surface area contributed by atoms with E-state index in [1.165, 1.54) is 0 Å². The Bertz CT molecular complexity index is 642. The number of carbonyl (C=O) groups excluding carboxylic acids is 1. The van der Waals surface area contributed by atoms with E-state index in [-0.39, 0.29) is 18.6 Å². The first-order chi connectivity index (χ1) is 11.4. The van der Waals surface area contributed by atoms with Crippen molar-refractivity contribution in [2.24, 2.45) is 0 Å². The lowest BCUT2D eigenvalue weighted by atomic mass is 9.87. The van der Waals surface area contributed by atoms with Crippen molar-refractivity contribution in [1.29, 1.82) is 0 Å². The molecule has 0 spiro atoms. The Labute approximate surface area is 143 Å². The Kier molecular flexibility index (Phi) is 5.99. The van der Waals surface area contributed by atoms with Gasteiger partial charge in [0.2, 0.25) is 0 Å². The lowest BCUT2D eigenvalue weighted by Gasteiger charge is -2.19. The number of carbonyl (C=O) groups is 1. The third kappa shape index (κ3) is 5.39. The summed E-state index contributed by atoms with van der Waals surface area (Å²) < 4.78 is 10.6. The van der Waals surface area contributed by atoms with Gasteiger partial charge in [0.15, 0.2) is 0 Å². The molecule has 0 radical (unpaired) electrons. The quantitative estimate of drug-likeness (QED) is 0.824. The van der Waals surface area contributed by atoms with Crippen LogP contribution in [0.3, 0.4) is 0 Å². The van der Waals surface area contributed by atoms with Crippen molar-refractivity contribution in [2.45, 2.75) is 32.3 Å². The summed E-state index contributed by atoms with van der Waals surface area (Å²) in [5.41, 5.74) is 1.66. The van der Waals surface area contributed by atoms with Crippen LogP contribution in [0.5, 0.6) is 5.75 Å². The molecule has 128 valence electrons. The molecule has 24 heavy (non-hydrogen) atoms. The van der Waals surface area contributed by atoms with Gasteiger partial charge in [0.1, 0.15) is 25.1 Å². The average Bonchev–Trinajstić information content (AvgIpc) is 2.58. The van der Waals surface area contributed by atoms with E-state index in [1.807, 2.05) is 30.3 Å². The highest BCUT2D eigenvalue weighted by Crippen LogP contribution is 2.22. The molecule has 0 bridgehead atoms. The third-order valence-corrected chi connectivity index (χ3v) is 3.58. The van der Waals surface area contributed by atoms with E-state index in [9.17, 15) is 9.90 Å². The standard InChI is InChI=1S/C20H24O4/c1-20(2,3)16-11-9-15(10-12-16)19(22)24-14-17(21)13-23-18-7-5-4-6-8-18/h4-12,17,21H,13-14H2,1-3H3. The highest BCUT2D eigenvalue weighted by molar-refractivity contribution is 5.89. The van der Waals surface area contributed by atoms with E-state index >= 15 is 0 Å². The van der Waals surface area contributed by atoms with Crippen LogP contribution in [0.4, 0.5) is 0 Å². The molecule has 0 aliphatic carbocycles. The van der Waals surface area contributed by atoms with Crippen molar-refractivity contribution in [3.05, 3.63) is 65.7 Å². The van der Waals surface area contributed by atoms with Crippen LogP contribution < -0.4 is 4.74 Å². The zero-order valence-corrected chi connectivity index (χ0v) is 14.4. The lowest BCUT2D eigenvalue weighted by Crippen LogP contribution is -2.25. The van der Waals surface area contributed by atoms with Crippen LogP contribution in [0.25, 0.3) is 0 Å². The topological polar surface area (TPSA) is 55.8 Å². The fraction of sp³-hybridized carbons (Fsp3) is 0.350. The van der Waals surface area contributed by atoms with Crippen molar-refractivity contribution in [3.8, 4) is 5.75 Å². The molecule has 0 amide bonds. The number of aliphatic hydroxyl groups excluding tert-OH is 1. The highest BCUT2D eigenvalue weighted by atomic mass is 16.5. The van der Waals surface area contributed by atoms with Gasteiger partial charge in [0.05, 0.1) is 5.56 Å². The minimum absolute atomic E-state index is 0.0351. The van der Waals surface area contributed by atoms with Gasteiger partial charge in [-0.15, -0.1) is 0 Å². The summed E-state index contributed by atoms with van der Waals surface area (Å²) in [5.74, 6) is 0.217. The SMILES string of the molecule is CC(C)(C)c1ccc(C(=O)OCC(O)COc2ccccc2)cc1. The van der Waals surface area contributed by atoms with Crippen molar-refractivity contribution in [3.63, 3.8) is 0 Å².